The summed E-state index contributed by atoms with van der Waals surface area (Å²) in [4.78, 5) is 17.2. The molecule has 1 amide bonds. The predicted molar refractivity (Wildman–Crippen MR) is 92.5 cm³/mol. The van der Waals surface area contributed by atoms with E-state index in [9.17, 15) is 4.79 Å². The van der Waals surface area contributed by atoms with Crippen molar-refractivity contribution in [3.8, 4) is 17.3 Å². The number of thioether (sulfide) groups is 1. The molecule has 0 aliphatic carbocycles. The van der Waals surface area contributed by atoms with Crippen LogP contribution in [-0.4, -0.2) is 34.0 Å². The molecule has 2 aromatic heterocycles. The molecule has 0 saturated carbocycles. The van der Waals surface area contributed by atoms with Gasteiger partial charge in [0.15, 0.2) is 0 Å². The first kappa shape index (κ1) is 16.5. The molecular formula is C15H14N4O3S2. The van der Waals surface area contributed by atoms with E-state index in [0.29, 0.717) is 5.69 Å². The van der Waals surface area contributed by atoms with Crippen molar-refractivity contribution >= 4 is 35.0 Å². The molecule has 3 aromatic rings. The molecular weight excluding hydrogens is 348 g/mol. The molecule has 0 aliphatic rings. The smallest absolute Gasteiger partial charge is 0.322 e. The molecule has 0 radical (unpaired) electrons. The standard InChI is InChI=1S/C15H14N4O3S2/c1-9-16-12(7-23-9)14-18-19-15(22-14)17-13(20)8-24-11-5-3-10(21-2)4-6-11/h3-7H,8H2,1-2H3,(H,17,19,20). The van der Waals surface area contributed by atoms with E-state index >= 15 is 0 Å². The van der Waals surface area contributed by atoms with Crippen molar-refractivity contribution in [2.75, 3.05) is 18.2 Å². The number of carbonyl (C=O) groups is 1. The first-order valence-electron chi connectivity index (χ1n) is 6.97. The zero-order valence-electron chi connectivity index (χ0n) is 13.0. The van der Waals surface area contributed by atoms with Gasteiger partial charge in [0.1, 0.15) is 11.4 Å². The van der Waals surface area contributed by atoms with Crippen LogP contribution in [0.1, 0.15) is 5.01 Å². The highest BCUT2D eigenvalue weighted by molar-refractivity contribution is 8.00. The fourth-order valence-electron chi connectivity index (χ4n) is 1.82. The molecule has 3 rings (SSSR count). The predicted octanol–water partition coefficient (Wildman–Crippen LogP) is 3.24. The van der Waals surface area contributed by atoms with E-state index < -0.39 is 0 Å². The third kappa shape index (κ3) is 4.12. The average molecular weight is 362 g/mol. The van der Waals surface area contributed by atoms with E-state index in [1.165, 1.54) is 23.1 Å². The quantitative estimate of drug-likeness (QED) is 0.673. The van der Waals surface area contributed by atoms with Gasteiger partial charge in [-0.1, -0.05) is 5.10 Å². The van der Waals surface area contributed by atoms with Crippen LogP contribution in [0, 0.1) is 6.92 Å². The van der Waals surface area contributed by atoms with Gasteiger partial charge >= 0.3 is 6.01 Å². The third-order valence-corrected chi connectivity index (χ3v) is 4.72. The molecule has 1 N–H and O–H groups in total. The lowest BCUT2D eigenvalue weighted by molar-refractivity contribution is -0.113. The second-order valence-corrected chi connectivity index (χ2v) is 6.79. The first-order chi connectivity index (χ1) is 11.6. The SMILES string of the molecule is COc1ccc(SCC(=O)Nc2nnc(-c3csc(C)n3)o2)cc1. The maximum atomic E-state index is 12.0. The molecule has 0 unspecified atom stereocenters. The van der Waals surface area contributed by atoms with Crippen LogP contribution < -0.4 is 10.1 Å². The average Bonchev–Trinajstić information content (AvgIpc) is 3.22. The molecule has 0 aliphatic heterocycles. The van der Waals surface area contributed by atoms with Crippen molar-refractivity contribution in [1.29, 1.82) is 0 Å². The number of carbonyl (C=O) groups excluding carboxylic acids is 1. The molecule has 24 heavy (non-hydrogen) atoms. The molecule has 1 aromatic carbocycles. The summed E-state index contributed by atoms with van der Waals surface area (Å²) in [7, 11) is 1.61. The van der Waals surface area contributed by atoms with Gasteiger partial charge in [-0.2, -0.15) is 0 Å². The third-order valence-electron chi connectivity index (χ3n) is 2.94. The Kier molecular flexibility index (Phi) is 5.11. The van der Waals surface area contributed by atoms with Gasteiger partial charge < -0.3 is 9.15 Å². The lowest BCUT2D eigenvalue weighted by atomic mass is 10.3. The highest BCUT2D eigenvalue weighted by atomic mass is 32.2. The minimum absolute atomic E-state index is 0.0657. The Balaban J connectivity index is 1.54. The molecule has 124 valence electrons. The van der Waals surface area contributed by atoms with Crippen LogP contribution in [0.3, 0.4) is 0 Å². The minimum atomic E-state index is -0.222. The normalized spacial score (nSPS) is 10.6. The van der Waals surface area contributed by atoms with E-state index in [-0.39, 0.29) is 23.6 Å². The van der Waals surface area contributed by atoms with Gasteiger partial charge in [-0.25, -0.2) is 4.98 Å². The van der Waals surface area contributed by atoms with Gasteiger partial charge in [-0.05, 0) is 31.2 Å². The molecule has 0 bridgehead atoms. The summed E-state index contributed by atoms with van der Waals surface area (Å²) in [6, 6.07) is 7.55. The Bertz CT molecular complexity index is 829. The highest BCUT2D eigenvalue weighted by Gasteiger charge is 2.13. The number of hydrogen-bond donors (Lipinski definition) is 1. The van der Waals surface area contributed by atoms with Crippen LogP contribution in [0.25, 0.3) is 11.6 Å². The van der Waals surface area contributed by atoms with E-state index in [1.54, 1.807) is 7.11 Å². The van der Waals surface area contributed by atoms with Crippen LogP contribution in [0.2, 0.25) is 0 Å². The summed E-state index contributed by atoms with van der Waals surface area (Å²) in [6.07, 6.45) is 0. The van der Waals surface area contributed by atoms with E-state index in [1.807, 2.05) is 36.6 Å². The lowest BCUT2D eigenvalue weighted by Crippen LogP contribution is -2.14. The second-order valence-electron chi connectivity index (χ2n) is 4.68. The Morgan fingerprint density at radius 3 is 2.79 bits per heavy atom. The van der Waals surface area contributed by atoms with Gasteiger partial charge in [-0.15, -0.1) is 28.2 Å². The van der Waals surface area contributed by atoms with Crippen LogP contribution >= 0.6 is 23.1 Å². The Hall–Kier alpha value is -2.39. The topological polar surface area (TPSA) is 90.1 Å². The number of anilines is 1. The van der Waals surface area contributed by atoms with Gasteiger partial charge in [-0.3, -0.25) is 10.1 Å². The van der Waals surface area contributed by atoms with E-state index in [2.05, 4.69) is 20.5 Å². The number of aromatic nitrogens is 3. The molecule has 7 nitrogen and oxygen atoms in total. The molecule has 2 heterocycles. The minimum Gasteiger partial charge on any atom is -0.497 e. The number of amides is 1. The molecule has 0 spiro atoms. The van der Waals surface area contributed by atoms with Crippen molar-refractivity contribution in [3.05, 3.63) is 34.7 Å². The largest absolute Gasteiger partial charge is 0.497 e. The zero-order chi connectivity index (χ0) is 16.9. The number of rotatable bonds is 6. The van der Waals surface area contributed by atoms with E-state index in [4.69, 9.17) is 9.15 Å². The molecule has 0 atom stereocenters. The number of nitrogens with zero attached hydrogens (tertiary/aromatic N) is 3. The number of nitrogens with one attached hydrogen (secondary N) is 1. The van der Waals surface area contributed by atoms with Crippen LogP contribution in [0.15, 0.2) is 39.0 Å². The fraction of sp³-hybridized carbons (Fsp3) is 0.200. The van der Waals surface area contributed by atoms with Gasteiger partial charge in [0.2, 0.25) is 5.91 Å². The Morgan fingerprint density at radius 1 is 1.33 bits per heavy atom. The number of aryl methyl sites for hydroxylation is 1. The van der Waals surface area contributed by atoms with Gasteiger partial charge in [0.05, 0.1) is 17.9 Å². The van der Waals surface area contributed by atoms with Crippen LogP contribution in [0.4, 0.5) is 6.01 Å². The first-order valence-corrected chi connectivity index (χ1v) is 8.83. The fourth-order valence-corrected chi connectivity index (χ4v) is 3.10. The van der Waals surface area contributed by atoms with Crippen molar-refractivity contribution in [2.45, 2.75) is 11.8 Å². The Morgan fingerprint density at radius 2 is 2.12 bits per heavy atom. The van der Waals surface area contributed by atoms with Crippen molar-refractivity contribution in [1.82, 2.24) is 15.2 Å². The summed E-state index contributed by atoms with van der Waals surface area (Å²) < 4.78 is 10.5. The summed E-state index contributed by atoms with van der Waals surface area (Å²) in [5.41, 5.74) is 0.609. The number of thiazole rings is 1. The number of benzene rings is 1. The summed E-state index contributed by atoms with van der Waals surface area (Å²) in [5, 5.41) is 13.0. The van der Waals surface area contributed by atoms with Gasteiger partial charge in [0, 0.05) is 10.3 Å². The van der Waals surface area contributed by atoms with E-state index in [0.717, 1.165) is 15.7 Å². The van der Waals surface area contributed by atoms with Crippen LogP contribution in [0.5, 0.6) is 5.75 Å². The number of hydrogen-bond acceptors (Lipinski definition) is 8. The highest BCUT2D eigenvalue weighted by Crippen LogP contribution is 2.23. The number of ether oxygens (including phenoxy) is 1. The molecule has 0 fully saturated rings. The van der Waals surface area contributed by atoms with Crippen molar-refractivity contribution < 1.29 is 13.9 Å². The zero-order valence-corrected chi connectivity index (χ0v) is 14.6. The Labute approximate surface area is 146 Å². The maximum absolute atomic E-state index is 12.0. The summed E-state index contributed by atoms with van der Waals surface area (Å²) in [6.45, 7) is 1.89. The monoisotopic (exact) mass is 362 g/mol. The molecule has 9 heteroatoms. The molecule has 0 saturated heterocycles. The van der Waals surface area contributed by atoms with Crippen molar-refractivity contribution in [2.24, 2.45) is 0 Å². The van der Waals surface area contributed by atoms with Gasteiger partial charge in [0.25, 0.3) is 5.89 Å². The van der Waals surface area contributed by atoms with Crippen LogP contribution in [-0.2, 0) is 4.79 Å². The summed E-state index contributed by atoms with van der Waals surface area (Å²) >= 11 is 2.90. The summed E-state index contributed by atoms with van der Waals surface area (Å²) in [5.74, 6) is 1.08. The second kappa shape index (κ2) is 7.45. The lowest BCUT2D eigenvalue weighted by Gasteiger charge is -2.03. The number of methoxy groups -OCH3 is 1. The maximum Gasteiger partial charge on any atom is 0.322 e. The van der Waals surface area contributed by atoms with Crippen molar-refractivity contribution in [3.63, 3.8) is 0 Å².